The van der Waals surface area contributed by atoms with Crippen LogP contribution in [0.4, 0.5) is 0 Å². The van der Waals surface area contributed by atoms with Crippen LogP contribution in [0.1, 0.15) is 39.7 Å². The molecular weight excluding hydrogens is 328 g/mol. The third kappa shape index (κ3) is 10.2. The van der Waals surface area contributed by atoms with Gasteiger partial charge in [-0.2, -0.15) is 0 Å². The van der Waals surface area contributed by atoms with Gasteiger partial charge in [-0.25, -0.2) is 0 Å². The largest absolute Gasteiger partial charge is 0.486 e. The molecule has 24 heavy (non-hydrogen) atoms. The summed E-state index contributed by atoms with van der Waals surface area (Å²) in [6, 6.07) is 7.97. The summed E-state index contributed by atoms with van der Waals surface area (Å²) in [5, 5.41) is 5.93. The zero-order valence-corrected chi connectivity index (χ0v) is 15.7. The molecule has 0 unspecified atom stereocenters. The van der Waals surface area contributed by atoms with E-state index in [1.165, 1.54) is 0 Å². The first-order chi connectivity index (χ1) is 10.9. The van der Waals surface area contributed by atoms with Crippen LogP contribution in [-0.4, -0.2) is 36.9 Å². The van der Waals surface area contributed by atoms with Gasteiger partial charge in [0.25, 0.3) is 0 Å². The predicted octanol–water partition coefficient (Wildman–Crippen LogP) is 2.51. The van der Waals surface area contributed by atoms with E-state index in [0.29, 0.717) is 25.1 Å². The monoisotopic (exact) mass is 356 g/mol. The van der Waals surface area contributed by atoms with Gasteiger partial charge < -0.3 is 15.4 Å². The van der Waals surface area contributed by atoms with Crippen molar-refractivity contribution in [1.29, 1.82) is 0 Å². The van der Waals surface area contributed by atoms with Gasteiger partial charge in [0, 0.05) is 18.5 Å². The van der Waals surface area contributed by atoms with Crippen molar-refractivity contribution in [3.63, 3.8) is 0 Å². The highest BCUT2D eigenvalue weighted by Gasteiger charge is 2.06. The first-order valence-electron chi connectivity index (χ1n) is 8.13. The van der Waals surface area contributed by atoms with Crippen molar-refractivity contribution in [3.05, 3.63) is 29.8 Å². The number of carbonyl (C=O) groups is 2. The Bertz CT molecular complexity index is 501. The molecule has 1 amide bonds. The zero-order valence-electron chi connectivity index (χ0n) is 14.9. The molecule has 0 aliphatic carbocycles. The molecule has 0 aliphatic heterocycles. The molecule has 0 bridgehead atoms. The Morgan fingerprint density at radius 1 is 1.04 bits per heavy atom. The molecule has 2 N–H and O–H groups in total. The molecule has 136 valence electrons. The highest BCUT2D eigenvalue weighted by molar-refractivity contribution is 5.85. The van der Waals surface area contributed by atoms with E-state index in [2.05, 4.69) is 10.6 Å². The number of ether oxygens (including phenoxy) is 1. The Balaban J connectivity index is 0.00000529. The molecule has 0 atom stereocenters. The number of carbonyl (C=O) groups excluding carboxylic acids is 2. The molecule has 1 aromatic rings. The molecule has 0 saturated heterocycles. The summed E-state index contributed by atoms with van der Waals surface area (Å²) >= 11 is 0. The molecule has 0 heterocycles. The molecule has 0 aromatic heterocycles. The normalized spacial score (nSPS) is 10.4. The van der Waals surface area contributed by atoms with Crippen LogP contribution in [0.25, 0.3) is 0 Å². The van der Waals surface area contributed by atoms with Crippen molar-refractivity contribution in [2.75, 3.05) is 13.2 Å². The Morgan fingerprint density at radius 2 is 1.67 bits per heavy atom. The Labute approximate surface area is 151 Å². The van der Waals surface area contributed by atoms with Crippen molar-refractivity contribution in [2.45, 2.75) is 52.6 Å². The van der Waals surface area contributed by atoms with Crippen molar-refractivity contribution in [2.24, 2.45) is 0 Å². The molecule has 0 aliphatic rings. The van der Waals surface area contributed by atoms with E-state index < -0.39 is 0 Å². The van der Waals surface area contributed by atoms with Crippen LogP contribution in [0.15, 0.2) is 24.3 Å². The van der Waals surface area contributed by atoms with E-state index in [1.54, 1.807) is 0 Å². The maximum atomic E-state index is 11.6. The van der Waals surface area contributed by atoms with Crippen molar-refractivity contribution >= 4 is 24.1 Å². The minimum Gasteiger partial charge on any atom is -0.486 e. The van der Waals surface area contributed by atoms with Gasteiger partial charge in [-0.05, 0) is 38.0 Å². The van der Waals surface area contributed by atoms with Crippen LogP contribution >= 0.6 is 12.4 Å². The van der Waals surface area contributed by atoms with Gasteiger partial charge in [0.05, 0.1) is 6.54 Å². The zero-order chi connectivity index (χ0) is 17.2. The third-order valence-electron chi connectivity index (χ3n) is 3.12. The summed E-state index contributed by atoms with van der Waals surface area (Å²) in [5.41, 5.74) is 1.07. The van der Waals surface area contributed by atoms with Crippen LogP contribution in [-0.2, 0) is 16.0 Å². The van der Waals surface area contributed by atoms with Crippen molar-refractivity contribution in [3.8, 4) is 5.75 Å². The number of benzene rings is 1. The number of ketones is 1. The van der Waals surface area contributed by atoms with Crippen LogP contribution < -0.4 is 15.4 Å². The summed E-state index contributed by atoms with van der Waals surface area (Å²) in [7, 11) is 0. The molecular formula is C18H29ClN2O3. The fourth-order valence-corrected chi connectivity index (χ4v) is 1.94. The lowest BCUT2D eigenvalue weighted by atomic mass is 10.1. The SMILES string of the molecule is CC(C)NCC(=O)COc1ccc(CCC(=O)NC(C)C)cc1.Cl. The van der Waals surface area contributed by atoms with Gasteiger partial charge in [0.1, 0.15) is 12.4 Å². The summed E-state index contributed by atoms with van der Waals surface area (Å²) in [5.74, 6) is 0.745. The van der Waals surface area contributed by atoms with E-state index in [4.69, 9.17) is 4.74 Å². The fourth-order valence-electron chi connectivity index (χ4n) is 1.94. The number of aryl methyl sites for hydroxylation is 1. The topological polar surface area (TPSA) is 67.4 Å². The van der Waals surface area contributed by atoms with Gasteiger partial charge >= 0.3 is 0 Å². The Kier molecular flexibility index (Phi) is 11.1. The molecule has 1 aromatic carbocycles. The number of Topliss-reactive ketones (excluding diaryl/α,β-unsaturated/α-hetero) is 1. The van der Waals surface area contributed by atoms with Gasteiger partial charge in [-0.15, -0.1) is 12.4 Å². The number of hydrogen-bond acceptors (Lipinski definition) is 4. The van der Waals surface area contributed by atoms with E-state index in [0.717, 1.165) is 5.56 Å². The lowest BCUT2D eigenvalue weighted by Crippen LogP contribution is -2.31. The van der Waals surface area contributed by atoms with Crippen molar-refractivity contribution < 1.29 is 14.3 Å². The Morgan fingerprint density at radius 3 is 2.21 bits per heavy atom. The smallest absolute Gasteiger partial charge is 0.220 e. The summed E-state index contributed by atoms with van der Waals surface area (Å²) in [6.45, 7) is 8.27. The van der Waals surface area contributed by atoms with Crippen LogP contribution in [0.3, 0.4) is 0 Å². The highest BCUT2D eigenvalue weighted by Crippen LogP contribution is 2.13. The Hall–Kier alpha value is -1.59. The molecule has 0 radical (unpaired) electrons. The molecule has 5 nitrogen and oxygen atoms in total. The number of halogens is 1. The quantitative estimate of drug-likeness (QED) is 0.676. The maximum Gasteiger partial charge on any atom is 0.220 e. The second kappa shape index (κ2) is 11.9. The van der Waals surface area contributed by atoms with Crippen LogP contribution in [0, 0.1) is 0 Å². The van der Waals surface area contributed by atoms with E-state index >= 15 is 0 Å². The number of rotatable bonds is 10. The number of amides is 1. The average Bonchev–Trinajstić information content (AvgIpc) is 2.49. The minimum absolute atomic E-state index is 0. The molecule has 1 rings (SSSR count). The van der Waals surface area contributed by atoms with Crippen LogP contribution in [0.2, 0.25) is 0 Å². The third-order valence-corrected chi connectivity index (χ3v) is 3.12. The fraction of sp³-hybridized carbons (Fsp3) is 0.556. The molecule has 0 fully saturated rings. The second-order valence-corrected chi connectivity index (χ2v) is 6.23. The second-order valence-electron chi connectivity index (χ2n) is 6.23. The standard InChI is InChI=1S/C18H28N2O3.ClH/c1-13(2)19-11-16(21)12-23-17-8-5-15(6-9-17)7-10-18(22)20-14(3)4;/h5-6,8-9,13-14,19H,7,10-12H2,1-4H3,(H,20,22);1H. The van der Waals surface area contributed by atoms with Gasteiger partial charge in [-0.1, -0.05) is 26.0 Å². The first kappa shape index (κ1) is 22.4. The summed E-state index contributed by atoms with van der Waals surface area (Å²) in [4.78, 5) is 23.2. The van der Waals surface area contributed by atoms with Crippen molar-refractivity contribution in [1.82, 2.24) is 10.6 Å². The average molecular weight is 357 g/mol. The molecule has 6 heteroatoms. The lowest BCUT2D eigenvalue weighted by Gasteiger charge is -2.10. The van der Waals surface area contributed by atoms with Gasteiger partial charge in [0.15, 0.2) is 5.78 Å². The van der Waals surface area contributed by atoms with E-state index in [-0.39, 0.29) is 42.8 Å². The van der Waals surface area contributed by atoms with E-state index in [1.807, 2.05) is 52.0 Å². The minimum atomic E-state index is 0. The summed E-state index contributed by atoms with van der Waals surface area (Å²) < 4.78 is 5.46. The lowest BCUT2D eigenvalue weighted by molar-refractivity contribution is -0.121. The maximum absolute atomic E-state index is 11.6. The molecule has 0 spiro atoms. The predicted molar refractivity (Wildman–Crippen MR) is 98.9 cm³/mol. The van der Waals surface area contributed by atoms with E-state index in [9.17, 15) is 9.59 Å². The molecule has 0 saturated carbocycles. The first-order valence-corrected chi connectivity index (χ1v) is 8.13. The highest BCUT2D eigenvalue weighted by atomic mass is 35.5. The number of nitrogens with one attached hydrogen (secondary N) is 2. The van der Waals surface area contributed by atoms with Gasteiger partial charge in [0.2, 0.25) is 5.91 Å². The van der Waals surface area contributed by atoms with Gasteiger partial charge in [-0.3, -0.25) is 9.59 Å². The summed E-state index contributed by atoms with van der Waals surface area (Å²) in [6.07, 6.45) is 1.16. The van der Waals surface area contributed by atoms with Crippen LogP contribution in [0.5, 0.6) is 5.75 Å². The number of hydrogen-bond donors (Lipinski definition) is 2.